The van der Waals surface area contributed by atoms with E-state index in [1.54, 1.807) is 18.2 Å². The van der Waals surface area contributed by atoms with Crippen LogP contribution < -0.4 is 15.8 Å². The van der Waals surface area contributed by atoms with E-state index >= 15 is 0 Å². The summed E-state index contributed by atoms with van der Waals surface area (Å²) in [5, 5.41) is 2.80. The van der Waals surface area contributed by atoms with Gasteiger partial charge in [-0.1, -0.05) is 25.2 Å². The lowest BCUT2D eigenvalue weighted by atomic mass is 10.1. The first kappa shape index (κ1) is 15.4. The molecule has 1 atom stereocenters. The Labute approximate surface area is 119 Å². The Morgan fingerprint density at radius 3 is 2.68 bits per heavy atom. The fourth-order valence-electron chi connectivity index (χ4n) is 1.43. The van der Waals surface area contributed by atoms with Crippen molar-refractivity contribution in [3.05, 3.63) is 29.8 Å². The molecule has 0 aromatic heterocycles. The smallest absolute Gasteiger partial charge is 0.251 e. The van der Waals surface area contributed by atoms with Gasteiger partial charge >= 0.3 is 0 Å². The van der Waals surface area contributed by atoms with E-state index < -0.39 is 0 Å². The summed E-state index contributed by atoms with van der Waals surface area (Å²) in [6, 6.07) is 7.09. The van der Waals surface area contributed by atoms with Gasteiger partial charge in [-0.3, -0.25) is 4.79 Å². The van der Waals surface area contributed by atoms with Gasteiger partial charge in [0, 0.05) is 18.0 Å². The van der Waals surface area contributed by atoms with E-state index in [-0.39, 0.29) is 17.9 Å². The van der Waals surface area contributed by atoms with E-state index in [1.807, 2.05) is 26.8 Å². The number of amides is 1. The van der Waals surface area contributed by atoms with Crippen LogP contribution in [0.25, 0.3) is 0 Å². The quantitative estimate of drug-likeness (QED) is 0.784. The fraction of sp³-hybridized carbons (Fsp3) is 0.429. The number of benzene rings is 1. The van der Waals surface area contributed by atoms with E-state index in [4.69, 9.17) is 22.7 Å². The number of carbonyl (C=O) groups is 1. The van der Waals surface area contributed by atoms with Crippen molar-refractivity contribution < 1.29 is 9.53 Å². The molecule has 0 aliphatic carbocycles. The summed E-state index contributed by atoms with van der Waals surface area (Å²) in [5.74, 6) is 0.511. The predicted molar refractivity (Wildman–Crippen MR) is 80.5 cm³/mol. The van der Waals surface area contributed by atoms with Gasteiger partial charge in [0.05, 0.1) is 11.1 Å². The molecule has 0 saturated carbocycles. The number of ether oxygens (including phenoxy) is 1. The van der Waals surface area contributed by atoms with E-state index in [1.165, 1.54) is 0 Å². The molecule has 1 aromatic rings. The Bertz CT molecular complexity index is 461. The maximum absolute atomic E-state index is 12.0. The van der Waals surface area contributed by atoms with Crippen LogP contribution in [0.3, 0.4) is 0 Å². The highest BCUT2D eigenvalue weighted by Gasteiger charge is 2.10. The van der Waals surface area contributed by atoms with Gasteiger partial charge < -0.3 is 15.8 Å². The molecule has 5 heteroatoms. The topological polar surface area (TPSA) is 64.3 Å². The van der Waals surface area contributed by atoms with Crippen LogP contribution in [0.5, 0.6) is 5.75 Å². The van der Waals surface area contributed by atoms with E-state index in [0.29, 0.717) is 22.8 Å². The van der Waals surface area contributed by atoms with Gasteiger partial charge in [-0.15, -0.1) is 0 Å². The van der Waals surface area contributed by atoms with E-state index in [0.717, 1.165) is 0 Å². The molecule has 3 N–H and O–H groups in total. The first-order chi connectivity index (χ1) is 8.90. The summed E-state index contributed by atoms with van der Waals surface area (Å²) in [5.41, 5.74) is 6.06. The van der Waals surface area contributed by atoms with Crippen LogP contribution in [0.15, 0.2) is 24.3 Å². The summed E-state index contributed by atoms with van der Waals surface area (Å²) in [4.78, 5) is 12.4. The van der Waals surface area contributed by atoms with Crippen LogP contribution in [-0.2, 0) is 0 Å². The lowest BCUT2D eigenvalue weighted by Crippen LogP contribution is -2.33. The van der Waals surface area contributed by atoms with Crippen molar-refractivity contribution in [1.82, 2.24) is 5.32 Å². The normalized spacial score (nSPS) is 12.0. The van der Waals surface area contributed by atoms with Crippen LogP contribution >= 0.6 is 12.2 Å². The molecule has 1 rings (SSSR count). The first-order valence-corrected chi connectivity index (χ1v) is 6.65. The zero-order valence-electron chi connectivity index (χ0n) is 11.5. The summed E-state index contributed by atoms with van der Waals surface area (Å²) in [6.45, 7) is 6.19. The molecule has 0 aliphatic rings. The third-order valence-corrected chi connectivity index (χ3v) is 2.92. The Kier molecular flexibility index (Phi) is 5.76. The van der Waals surface area contributed by atoms with Crippen molar-refractivity contribution in [3.63, 3.8) is 0 Å². The molecule has 0 radical (unpaired) electrons. The minimum absolute atomic E-state index is 0.0194. The number of rotatable bonds is 6. The van der Waals surface area contributed by atoms with Crippen molar-refractivity contribution in [3.8, 4) is 5.75 Å². The number of nitrogens with two attached hydrogens (primary N) is 1. The minimum Gasteiger partial charge on any atom is -0.491 e. The molecule has 0 heterocycles. The number of hydrogen-bond acceptors (Lipinski definition) is 3. The van der Waals surface area contributed by atoms with Crippen molar-refractivity contribution in [2.75, 3.05) is 6.54 Å². The van der Waals surface area contributed by atoms with Gasteiger partial charge in [0.1, 0.15) is 5.75 Å². The molecular formula is C14H20N2O2S. The Morgan fingerprint density at radius 2 is 2.11 bits per heavy atom. The summed E-state index contributed by atoms with van der Waals surface area (Å²) in [6.07, 6.45) is 0.0768. The molecule has 19 heavy (non-hydrogen) atoms. The molecule has 0 saturated heterocycles. The molecule has 1 amide bonds. The monoisotopic (exact) mass is 280 g/mol. The van der Waals surface area contributed by atoms with Gasteiger partial charge in [-0.25, -0.2) is 0 Å². The standard InChI is InChI=1S/C14H20N2O2S/c1-9(2)18-12-6-4-5-11(7-12)14(17)16-8-10(3)13(15)19/h4-7,9-10H,8H2,1-3H3,(H2,15,19)(H,16,17). The Morgan fingerprint density at radius 1 is 1.42 bits per heavy atom. The fourth-order valence-corrected chi connectivity index (χ4v) is 1.51. The molecule has 104 valence electrons. The molecule has 0 fully saturated rings. The third kappa shape index (κ3) is 5.26. The van der Waals surface area contributed by atoms with Crippen LogP contribution in [0.1, 0.15) is 31.1 Å². The summed E-state index contributed by atoms with van der Waals surface area (Å²) >= 11 is 4.86. The highest BCUT2D eigenvalue weighted by molar-refractivity contribution is 7.80. The van der Waals surface area contributed by atoms with Crippen LogP contribution in [0.4, 0.5) is 0 Å². The van der Waals surface area contributed by atoms with Gasteiger partial charge in [-0.2, -0.15) is 0 Å². The van der Waals surface area contributed by atoms with Crippen LogP contribution in [-0.4, -0.2) is 23.5 Å². The molecule has 1 unspecified atom stereocenters. The average molecular weight is 280 g/mol. The van der Waals surface area contributed by atoms with Gasteiger partial charge in [0.15, 0.2) is 0 Å². The predicted octanol–water partition coefficient (Wildman–Crippen LogP) is 2.13. The molecule has 0 spiro atoms. The number of thiocarbonyl (C=S) groups is 1. The second kappa shape index (κ2) is 7.09. The second-order valence-corrected chi connectivity index (χ2v) is 5.18. The maximum Gasteiger partial charge on any atom is 0.251 e. The lowest BCUT2D eigenvalue weighted by molar-refractivity contribution is 0.0950. The SMILES string of the molecule is CC(C)Oc1cccc(C(=O)NCC(C)C(N)=S)c1. The molecular weight excluding hydrogens is 260 g/mol. The summed E-state index contributed by atoms with van der Waals surface area (Å²) in [7, 11) is 0. The maximum atomic E-state index is 12.0. The van der Waals surface area contributed by atoms with E-state index in [9.17, 15) is 4.79 Å². The molecule has 1 aromatic carbocycles. The molecule has 0 aliphatic heterocycles. The zero-order valence-corrected chi connectivity index (χ0v) is 12.3. The van der Waals surface area contributed by atoms with Crippen molar-refractivity contribution >= 4 is 23.1 Å². The van der Waals surface area contributed by atoms with E-state index in [2.05, 4.69) is 5.32 Å². The first-order valence-electron chi connectivity index (χ1n) is 6.24. The lowest BCUT2D eigenvalue weighted by Gasteiger charge is -2.13. The van der Waals surface area contributed by atoms with Gasteiger partial charge in [0.25, 0.3) is 5.91 Å². The molecule has 4 nitrogen and oxygen atoms in total. The van der Waals surface area contributed by atoms with Crippen molar-refractivity contribution in [1.29, 1.82) is 0 Å². The average Bonchev–Trinajstić information content (AvgIpc) is 2.34. The number of hydrogen-bond donors (Lipinski definition) is 2. The third-order valence-electron chi connectivity index (χ3n) is 2.52. The Balaban J connectivity index is 2.64. The minimum atomic E-state index is -0.155. The van der Waals surface area contributed by atoms with Crippen LogP contribution in [0, 0.1) is 5.92 Å². The highest BCUT2D eigenvalue weighted by atomic mass is 32.1. The van der Waals surface area contributed by atoms with Crippen LogP contribution in [0.2, 0.25) is 0 Å². The number of carbonyl (C=O) groups excluding carboxylic acids is 1. The van der Waals surface area contributed by atoms with Crippen molar-refractivity contribution in [2.24, 2.45) is 11.7 Å². The summed E-state index contributed by atoms with van der Waals surface area (Å²) < 4.78 is 5.55. The van der Waals surface area contributed by atoms with Gasteiger partial charge in [0.2, 0.25) is 0 Å². The van der Waals surface area contributed by atoms with Crippen molar-refractivity contribution in [2.45, 2.75) is 26.9 Å². The van der Waals surface area contributed by atoms with Gasteiger partial charge in [-0.05, 0) is 32.0 Å². The zero-order chi connectivity index (χ0) is 14.4. The number of nitrogens with one attached hydrogen (secondary N) is 1. The largest absolute Gasteiger partial charge is 0.491 e. The second-order valence-electron chi connectivity index (χ2n) is 4.71. The Hall–Kier alpha value is -1.62. The molecule has 0 bridgehead atoms. The highest BCUT2D eigenvalue weighted by Crippen LogP contribution is 2.14.